The van der Waals surface area contributed by atoms with E-state index in [9.17, 15) is 23.1 Å². The van der Waals surface area contributed by atoms with E-state index in [1.165, 1.54) is 11.3 Å². The number of carboxylic acid groups (broad SMARTS) is 1. The van der Waals surface area contributed by atoms with Crippen LogP contribution in [0.5, 0.6) is 0 Å². The number of nitrogens with one attached hydrogen (secondary N) is 2. The first-order chi connectivity index (χ1) is 15.5. The minimum absolute atomic E-state index is 0.0233. The molecule has 2 rings (SSSR count). The maximum Gasteiger partial charge on any atom is 0.321 e. The maximum atomic E-state index is 12.6. The Morgan fingerprint density at radius 2 is 2.03 bits per heavy atom. The molecule has 0 fully saturated rings. The van der Waals surface area contributed by atoms with Crippen molar-refractivity contribution in [2.45, 2.75) is 39.2 Å². The number of amides is 1. The van der Waals surface area contributed by atoms with E-state index >= 15 is 0 Å². The van der Waals surface area contributed by atoms with Gasteiger partial charge in [0.05, 0.1) is 16.3 Å². The van der Waals surface area contributed by atoms with Crippen molar-refractivity contribution in [3.63, 3.8) is 0 Å². The lowest BCUT2D eigenvalue weighted by atomic mass is 10.1. The standard InChI is InChI=1S/C20H28N6O5S2/c1-3-4-10-33(30,31)26-15(18(28)29)8-9-23-17(27)14-7-5-6-13(11-14)16-12(2)24-20(32-16)25-19(21)22/h5-7,11,15,26H,3-4,8-10H2,1-2H3,(H,23,27)(H,28,29)(H4,21,22,24,25)/t15-/m0/s1. The summed E-state index contributed by atoms with van der Waals surface area (Å²) < 4.78 is 26.2. The summed E-state index contributed by atoms with van der Waals surface area (Å²) in [6, 6.07) is 5.51. The predicted octanol–water partition coefficient (Wildman–Crippen LogP) is 1.32. The second-order valence-electron chi connectivity index (χ2n) is 7.25. The number of benzene rings is 1. The molecule has 0 aliphatic heterocycles. The number of aliphatic carboxylic acids is 1. The van der Waals surface area contributed by atoms with Crippen molar-refractivity contribution in [2.75, 3.05) is 12.3 Å². The molecule has 1 atom stereocenters. The molecule has 7 N–H and O–H groups in total. The summed E-state index contributed by atoms with van der Waals surface area (Å²) in [7, 11) is -3.71. The molecule has 13 heteroatoms. The number of aromatic nitrogens is 1. The van der Waals surface area contributed by atoms with Crippen LogP contribution >= 0.6 is 11.3 Å². The van der Waals surface area contributed by atoms with Gasteiger partial charge in [0.1, 0.15) is 6.04 Å². The predicted molar refractivity (Wildman–Crippen MR) is 128 cm³/mol. The summed E-state index contributed by atoms with van der Waals surface area (Å²) in [5, 5.41) is 12.4. The Hall–Kier alpha value is -3.03. The number of carbonyl (C=O) groups is 2. The molecule has 2 aromatic rings. The van der Waals surface area contributed by atoms with Crippen LogP contribution in [0.25, 0.3) is 10.4 Å². The Morgan fingerprint density at radius 3 is 2.67 bits per heavy atom. The number of aliphatic imine (C=N–C) groups is 1. The number of rotatable bonds is 12. The van der Waals surface area contributed by atoms with Crippen molar-refractivity contribution in [3.8, 4) is 10.4 Å². The topological polar surface area (TPSA) is 190 Å². The van der Waals surface area contributed by atoms with Gasteiger partial charge in [-0.3, -0.25) is 9.59 Å². The molecule has 0 aliphatic carbocycles. The van der Waals surface area contributed by atoms with Crippen LogP contribution in [0.4, 0.5) is 5.13 Å². The number of carboxylic acids is 1. The summed E-state index contributed by atoms with van der Waals surface area (Å²) in [6.07, 6.45) is 1.01. The van der Waals surface area contributed by atoms with Gasteiger partial charge in [0.25, 0.3) is 5.91 Å². The molecule has 33 heavy (non-hydrogen) atoms. The number of unbranched alkanes of at least 4 members (excludes halogenated alkanes) is 1. The minimum atomic E-state index is -3.71. The highest BCUT2D eigenvalue weighted by Crippen LogP contribution is 2.34. The molecule has 1 heterocycles. The second kappa shape index (κ2) is 11.7. The van der Waals surface area contributed by atoms with Gasteiger partial charge in [-0.15, -0.1) is 0 Å². The van der Waals surface area contributed by atoms with Crippen LogP contribution < -0.4 is 21.5 Å². The summed E-state index contributed by atoms with van der Waals surface area (Å²) in [5.41, 5.74) is 12.6. The van der Waals surface area contributed by atoms with E-state index in [1.54, 1.807) is 25.1 Å². The van der Waals surface area contributed by atoms with E-state index in [0.29, 0.717) is 29.2 Å². The monoisotopic (exact) mass is 496 g/mol. The molecule has 0 radical (unpaired) electrons. The molecule has 1 aromatic carbocycles. The number of hydrogen-bond donors (Lipinski definition) is 5. The van der Waals surface area contributed by atoms with Crippen LogP contribution in [0.3, 0.4) is 0 Å². The van der Waals surface area contributed by atoms with Crippen molar-refractivity contribution in [1.29, 1.82) is 0 Å². The van der Waals surface area contributed by atoms with Gasteiger partial charge in [0.15, 0.2) is 5.96 Å². The van der Waals surface area contributed by atoms with Gasteiger partial charge in [-0.2, -0.15) is 4.99 Å². The third-order valence-corrected chi connectivity index (χ3v) is 7.07. The zero-order valence-electron chi connectivity index (χ0n) is 18.4. The quantitative estimate of drug-likeness (QED) is 0.215. The average molecular weight is 497 g/mol. The van der Waals surface area contributed by atoms with E-state index in [-0.39, 0.29) is 24.7 Å². The number of nitrogens with zero attached hydrogens (tertiary/aromatic N) is 2. The number of guanidine groups is 1. The van der Waals surface area contributed by atoms with Crippen molar-refractivity contribution >= 4 is 44.3 Å². The summed E-state index contributed by atoms with van der Waals surface area (Å²) in [5.74, 6) is -1.96. The van der Waals surface area contributed by atoms with Gasteiger partial charge in [-0.25, -0.2) is 18.1 Å². The number of sulfonamides is 1. The Bertz CT molecular complexity index is 1130. The van der Waals surface area contributed by atoms with Crippen molar-refractivity contribution in [1.82, 2.24) is 15.0 Å². The normalized spacial score (nSPS) is 12.2. The summed E-state index contributed by atoms with van der Waals surface area (Å²) >= 11 is 1.28. The average Bonchev–Trinajstić information content (AvgIpc) is 3.10. The second-order valence-corrected chi connectivity index (χ2v) is 10.1. The molecule has 0 aliphatic rings. The lowest BCUT2D eigenvalue weighted by Gasteiger charge is -2.15. The minimum Gasteiger partial charge on any atom is -0.480 e. The molecule has 0 unspecified atom stereocenters. The van der Waals surface area contributed by atoms with Crippen LogP contribution in [0, 0.1) is 6.92 Å². The third kappa shape index (κ3) is 8.11. The van der Waals surface area contributed by atoms with E-state index in [0.717, 1.165) is 10.4 Å². The maximum absolute atomic E-state index is 12.6. The first-order valence-electron chi connectivity index (χ1n) is 10.2. The van der Waals surface area contributed by atoms with Gasteiger partial charge >= 0.3 is 5.97 Å². The van der Waals surface area contributed by atoms with Crippen LogP contribution in [-0.2, 0) is 14.8 Å². The van der Waals surface area contributed by atoms with Gasteiger partial charge in [-0.05, 0) is 37.5 Å². The Kier molecular flexibility index (Phi) is 9.32. The fourth-order valence-electron chi connectivity index (χ4n) is 2.88. The molecule has 11 nitrogen and oxygen atoms in total. The fourth-order valence-corrected chi connectivity index (χ4v) is 5.28. The smallest absolute Gasteiger partial charge is 0.321 e. The highest BCUT2D eigenvalue weighted by molar-refractivity contribution is 7.89. The fraction of sp³-hybridized carbons (Fsp3) is 0.400. The Morgan fingerprint density at radius 1 is 1.30 bits per heavy atom. The van der Waals surface area contributed by atoms with Crippen molar-refractivity contribution in [2.24, 2.45) is 16.5 Å². The highest BCUT2D eigenvalue weighted by atomic mass is 32.2. The van der Waals surface area contributed by atoms with Crippen LogP contribution in [-0.4, -0.2) is 54.7 Å². The lowest BCUT2D eigenvalue weighted by Crippen LogP contribution is -2.43. The van der Waals surface area contributed by atoms with Gasteiger partial charge < -0.3 is 21.9 Å². The number of thiazole rings is 1. The van der Waals surface area contributed by atoms with E-state index in [4.69, 9.17) is 11.5 Å². The molecule has 180 valence electrons. The molecule has 1 amide bonds. The number of aryl methyl sites for hydroxylation is 1. The van der Waals surface area contributed by atoms with Crippen molar-refractivity contribution in [3.05, 3.63) is 35.5 Å². The zero-order valence-corrected chi connectivity index (χ0v) is 20.0. The van der Waals surface area contributed by atoms with E-state index in [2.05, 4.69) is 20.0 Å². The van der Waals surface area contributed by atoms with Crippen LogP contribution in [0.1, 0.15) is 42.2 Å². The summed E-state index contributed by atoms with van der Waals surface area (Å²) in [6.45, 7) is 3.62. The summed E-state index contributed by atoms with van der Waals surface area (Å²) in [4.78, 5) is 33.0. The molecule has 0 spiro atoms. The van der Waals surface area contributed by atoms with E-state index in [1.807, 2.05) is 13.0 Å². The SMILES string of the molecule is CCCCS(=O)(=O)N[C@@H](CCNC(=O)c1cccc(-c2sc(N=C(N)N)nc2C)c1)C(=O)O. The first kappa shape index (κ1) is 26.2. The van der Waals surface area contributed by atoms with Gasteiger partial charge in [0.2, 0.25) is 15.2 Å². The van der Waals surface area contributed by atoms with Crippen LogP contribution in [0.2, 0.25) is 0 Å². The first-order valence-corrected chi connectivity index (χ1v) is 12.7. The van der Waals surface area contributed by atoms with Gasteiger partial charge in [-0.1, -0.05) is 36.8 Å². The zero-order chi connectivity index (χ0) is 24.6. The van der Waals surface area contributed by atoms with E-state index < -0.39 is 27.9 Å². The third-order valence-electron chi connectivity index (χ3n) is 4.50. The Balaban J connectivity index is 2.04. The van der Waals surface area contributed by atoms with Gasteiger partial charge in [0, 0.05) is 12.1 Å². The largest absolute Gasteiger partial charge is 0.480 e. The molecule has 0 saturated heterocycles. The molecular weight excluding hydrogens is 468 g/mol. The number of hydrogen-bond acceptors (Lipinski definition) is 7. The van der Waals surface area contributed by atoms with Crippen LogP contribution in [0.15, 0.2) is 29.3 Å². The van der Waals surface area contributed by atoms with Crippen molar-refractivity contribution < 1.29 is 23.1 Å². The number of carbonyl (C=O) groups excluding carboxylic acids is 1. The molecule has 0 bridgehead atoms. The Labute approximate surface area is 196 Å². The molecule has 0 saturated carbocycles. The highest BCUT2D eigenvalue weighted by Gasteiger charge is 2.23. The lowest BCUT2D eigenvalue weighted by molar-refractivity contribution is -0.139. The molecular formula is C20H28N6O5S2. The molecule has 1 aromatic heterocycles. The number of nitrogens with two attached hydrogens (primary N) is 2.